The largest absolute Gasteiger partial charge is 0.465 e. The van der Waals surface area contributed by atoms with Crippen molar-refractivity contribution in [2.45, 2.75) is 265 Å². The molecule has 14 unspecified atom stereocenters. The van der Waals surface area contributed by atoms with Gasteiger partial charge in [0.05, 0.1) is 26.4 Å². The van der Waals surface area contributed by atoms with E-state index in [1.807, 2.05) is 0 Å². The van der Waals surface area contributed by atoms with Crippen molar-refractivity contribution in [3.8, 4) is 0 Å². The van der Waals surface area contributed by atoms with Crippen LogP contribution in [0, 0.1) is 94.7 Å². The van der Waals surface area contributed by atoms with E-state index in [1.165, 1.54) is 205 Å². The Morgan fingerprint density at radius 3 is 1.27 bits per heavy atom. The summed E-state index contributed by atoms with van der Waals surface area (Å²) in [5, 5.41) is 0. The summed E-state index contributed by atoms with van der Waals surface area (Å²) in [5.74, 6) is 10.8. The average Bonchev–Trinajstić information content (AvgIpc) is 4.45. The Labute approximate surface area is 470 Å². The smallest absolute Gasteiger partial charge is 0.333 e. The second-order valence-corrected chi connectivity index (χ2v) is 27.4. The van der Waals surface area contributed by atoms with Crippen LogP contribution in [-0.2, 0) is 38.1 Å². The molecular weight excluding hydrogens is 957 g/mol. The summed E-state index contributed by atoms with van der Waals surface area (Å²) >= 11 is 0. The van der Waals surface area contributed by atoms with E-state index in [1.54, 1.807) is 6.92 Å². The predicted molar refractivity (Wildman–Crippen MR) is 311 cm³/mol. The Balaban J connectivity index is 0.766. The van der Waals surface area contributed by atoms with E-state index in [4.69, 9.17) is 18.9 Å². The van der Waals surface area contributed by atoms with E-state index in [2.05, 4.69) is 27.0 Å². The fraction of sp³-hybridized carbons (Fsp3) is 0.884. The van der Waals surface area contributed by atoms with Gasteiger partial charge in [0.15, 0.2) is 0 Å². The molecule has 0 spiro atoms. The number of carbonyl (C=O) groups excluding carboxylic acids is 4. The molecule has 7 rings (SSSR count). The van der Waals surface area contributed by atoms with Crippen LogP contribution in [0.15, 0.2) is 24.8 Å². The monoisotopic (exact) mass is 1070 g/mol. The van der Waals surface area contributed by atoms with Crippen LogP contribution in [0.2, 0.25) is 0 Å². The van der Waals surface area contributed by atoms with E-state index in [9.17, 15) is 19.2 Å². The number of hydrogen-bond acceptors (Lipinski definition) is 8. The normalized spacial score (nSPS) is 32.5. The SMILES string of the molecule is C=CC(=O)OCC1CC2C3C[C@@H](CC3COC(=O)CCCCCCCCC3C(CCCCCCCC)CCC(CCCCCC)C3CCCCCCCCC(=O)OCC3CC4C5CC(CC5COC(=O)C(=C)C)[C@H]4C3)C2C1. The maximum Gasteiger partial charge on any atom is 0.333 e. The summed E-state index contributed by atoms with van der Waals surface area (Å²) in [7, 11) is 0. The number of unbranched alkanes of at least 4 members (excludes halogenated alkanes) is 18. The lowest BCUT2D eigenvalue weighted by Gasteiger charge is -2.44. The third-order valence-electron chi connectivity index (χ3n) is 22.1. The molecule has 7 aliphatic rings. The highest BCUT2D eigenvalue weighted by molar-refractivity contribution is 5.86. The molecule has 0 N–H and O–H groups in total. The summed E-state index contributed by atoms with van der Waals surface area (Å²) < 4.78 is 22.8. The van der Waals surface area contributed by atoms with E-state index < -0.39 is 0 Å². The van der Waals surface area contributed by atoms with Crippen LogP contribution in [0.5, 0.6) is 0 Å². The van der Waals surface area contributed by atoms with Gasteiger partial charge in [-0.05, 0) is 192 Å². The van der Waals surface area contributed by atoms with E-state index >= 15 is 0 Å². The first-order valence-corrected chi connectivity index (χ1v) is 33.5. The van der Waals surface area contributed by atoms with Gasteiger partial charge in [0.1, 0.15) is 0 Å². The first kappa shape index (κ1) is 62.0. The maximum atomic E-state index is 12.9. The van der Waals surface area contributed by atoms with Crippen molar-refractivity contribution < 1.29 is 38.1 Å². The summed E-state index contributed by atoms with van der Waals surface area (Å²) in [4.78, 5) is 49.4. The molecule has 8 heteroatoms. The molecular formula is C69H114O8. The van der Waals surface area contributed by atoms with Crippen molar-refractivity contribution in [3.63, 3.8) is 0 Å². The molecule has 0 aromatic heterocycles. The Morgan fingerprint density at radius 1 is 0.416 bits per heavy atom. The highest BCUT2D eigenvalue weighted by Gasteiger charge is 2.57. The molecule has 0 aromatic rings. The summed E-state index contributed by atoms with van der Waals surface area (Å²) in [5.41, 5.74) is 0.480. The Morgan fingerprint density at radius 2 is 0.805 bits per heavy atom. The van der Waals surface area contributed by atoms with Crippen molar-refractivity contribution in [1.82, 2.24) is 0 Å². The topological polar surface area (TPSA) is 105 Å². The molecule has 0 radical (unpaired) electrons. The van der Waals surface area contributed by atoms with E-state index in [0.717, 1.165) is 79.4 Å². The number of carbonyl (C=O) groups is 4. The molecule has 0 heterocycles. The number of fused-ring (bicyclic) bond motifs is 10. The molecule has 0 saturated heterocycles. The molecule has 7 fully saturated rings. The molecule has 8 nitrogen and oxygen atoms in total. The Kier molecular flexibility index (Phi) is 26.8. The number of ether oxygens (including phenoxy) is 4. The predicted octanol–water partition coefficient (Wildman–Crippen LogP) is 17.7. The second kappa shape index (κ2) is 33.3. The quantitative estimate of drug-likeness (QED) is 0.0259. The van der Waals surface area contributed by atoms with Crippen molar-refractivity contribution >= 4 is 23.9 Å². The Hall–Kier alpha value is -2.64. The molecule has 7 saturated carbocycles. The lowest BCUT2D eigenvalue weighted by molar-refractivity contribution is -0.146. The second-order valence-electron chi connectivity index (χ2n) is 27.4. The number of esters is 4. The lowest BCUT2D eigenvalue weighted by Crippen LogP contribution is -2.35. The van der Waals surface area contributed by atoms with Crippen LogP contribution < -0.4 is 0 Å². The lowest BCUT2D eigenvalue weighted by atomic mass is 9.61. The highest BCUT2D eigenvalue weighted by Crippen LogP contribution is 2.63. The number of rotatable bonds is 40. The van der Waals surface area contributed by atoms with Crippen LogP contribution >= 0.6 is 0 Å². The van der Waals surface area contributed by atoms with Crippen LogP contribution in [0.4, 0.5) is 0 Å². The van der Waals surface area contributed by atoms with E-state index in [-0.39, 0.29) is 23.9 Å². The van der Waals surface area contributed by atoms with Crippen LogP contribution in [-0.4, -0.2) is 50.3 Å². The first-order chi connectivity index (χ1) is 37.6. The fourth-order valence-electron chi connectivity index (χ4n) is 18.3. The summed E-state index contributed by atoms with van der Waals surface area (Å²) in [6.45, 7) is 15.9. The standard InChI is InChI=1S/C69H114O8/c1-6-9-11-13-18-24-30-53-36-35-52(29-23-12-10-7-2)58(31-25-19-14-16-21-27-33-67(71)75-46-51-38-61-55-42-57(48-77-69(73)49(4)5)63(44-55)65(61)40-51)59(53)32-26-20-15-17-22-28-34-68(72)76-47-56-41-54-43-62(56)64-39-50(37-60(54)64)45-74-66(70)8-3/h8,50-65H,3-4,6-7,9-48H2,1-2,5H3/t50?,51?,52?,53?,54-,55?,56?,57?,58?,59?,60?,61-,62?,63?,64?,65?/m1/s1. The third-order valence-corrected chi connectivity index (χ3v) is 22.1. The van der Waals surface area contributed by atoms with Gasteiger partial charge in [0.25, 0.3) is 0 Å². The zero-order valence-electron chi connectivity index (χ0n) is 49.7. The minimum atomic E-state index is -0.311. The van der Waals surface area contributed by atoms with Crippen molar-refractivity contribution in [3.05, 3.63) is 24.8 Å². The van der Waals surface area contributed by atoms with Gasteiger partial charge in [-0.3, -0.25) is 9.59 Å². The van der Waals surface area contributed by atoms with Gasteiger partial charge in [0, 0.05) is 24.5 Å². The zero-order chi connectivity index (χ0) is 54.4. The van der Waals surface area contributed by atoms with Gasteiger partial charge in [-0.25, -0.2) is 9.59 Å². The van der Waals surface area contributed by atoms with Crippen LogP contribution in [0.1, 0.15) is 265 Å². The molecule has 0 aliphatic heterocycles. The Bertz CT molecular complexity index is 1790. The fourth-order valence-corrected chi connectivity index (χ4v) is 18.3. The van der Waals surface area contributed by atoms with Crippen LogP contribution in [0.3, 0.4) is 0 Å². The van der Waals surface area contributed by atoms with Gasteiger partial charge >= 0.3 is 23.9 Å². The third kappa shape index (κ3) is 19.0. The van der Waals surface area contributed by atoms with Crippen molar-refractivity contribution in [2.75, 3.05) is 26.4 Å². The zero-order valence-corrected chi connectivity index (χ0v) is 49.7. The van der Waals surface area contributed by atoms with Crippen molar-refractivity contribution in [1.29, 1.82) is 0 Å². The maximum absolute atomic E-state index is 12.9. The highest BCUT2D eigenvalue weighted by atomic mass is 16.5. The molecule has 7 aliphatic carbocycles. The van der Waals surface area contributed by atoms with Gasteiger partial charge in [-0.15, -0.1) is 0 Å². The van der Waals surface area contributed by atoms with E-state index in [0.29, 0.717) is 92.2 Å². The minimum Gasteiger partial charge on any atom is -0.465 e. The summed E-state index contributed by atoms with van der Waals surface area (Å²) in [6.07, 6.45) is 49.2. The van der Waals surface area contributed by atoms with Crippen LogP contribution in [0.25, 0.3) is 0 Å². The first-order valence-electron chi connectivity index (χ1n) is 33.5. The molecule has 0 amide bonds. The molecule has 16 atom stereocenters. The average molecular weight is 1070 g/mol. The van der Waals surface area contributed by atoms with Gasteiger partial charge in [0.2, 0.25) is 0 Å². The molecule has 0 aromatic carbocycles. The molecule has 4 bridgehead atoms. The van der Waals surface area contributed by atoms with Gasteiger partial charge in [-0.2, -0.15) is 0 Å². The molecule has 77 heavy (non-hydrogen) atoms. The minimum absolute atomic E-state index is 0.00262. The number of hydrogen-bond donors (Lipinski definition) is 0. The van der Waals surface area contributed by atoms with Crippen molar-refractivity contribution in [2.24, 2.45) is 94.7 Å². The summed E-state index contributed by atoms with van der Waals surface area (Å²) in [6, 6.07) is 0. The van der Waals surface area contributed by atoms with Gasteiger partial charge < -0.3 is 18.9 Å². The molecule has 438 valence electrons. The van der Waals surface area contributed by atoms with Gasteiger partial charge in [-0.1, -0.05) is 168 Å².